The number of pyridine rings is 1. The van der Waals surface area contributed by atoms with Crippen LogP contribution in [0, 0.1) is 0 Å². The van der Waals surface area contributed by atoms with E-state index in [4.69, 9.17) is 16.3 Å². The number of ether oxygens (including phenoxy) is 1. The second-order valence-corrected chi connectivity index (χ2v) is 4.80. The maximum Gasteiger partial charge on any atom is 0.139 e. The van der Waals surface area contributed by atoms with Crippen LogP contribution in [0.25, 0.3) is 0 Å². The first-order chi connectivity index (χ1) is 8.11. The molecule has 0 spiro atoms. The summed E-state index contributed by atoms with van der Waals surface area (Å²) in [5.41, 5.74) is 0. The molecule has 0 fully saturated rings. The molecule has 0 saturated carbocycles. The van der Waals surface area contributed by atoms with Crippen LogP contribution in [-0.4, -0.2) is 23.7 Å². The summed E-state index contributed by atoms with van der Waals surface area (Å²) in [7, 11) is 0. The highest BCUT2D eigenvalue weighted by molar-refractivity contribution is 6.30. The van der Waals surface area contributed by atoms with E-state index in [1.807, 2.05) is 6.92 Å². The largest absolute Gasteiger partial charge is 0.488 e. The number of nitrogens with zero attached hydrogens (tertiary/aromatic N) is 1. The SMILES string of the molecule is CCCC(C)NCC(C)Oc1cncc(Cl)c1. The average Bonchev–Trinajstić information content (AvgIpc) is 2.27. The Morgan fingerprint density at radius 1 is 1.41 bits per heavy atom. The van der Waals surface area contributed by atoms with Crippen molar-refractivity contribution in [2.75, 3.05) is 6.54 Å². The summed E-state index contributed by atoms with van der Waals surface area (Å²) >= 11 is 5.84. The Hall–Kier alpha value is -0.800. The van der Waals surface area contributed by atoms with Crippen LogP contribution in [-0.2, 0) is 0 Å². The molecule has 17 heavy (non-hydrogen) atoms. The Kier molecular flexibility index (Phi) is 6.30. The lowest BCUT2D eigenvalue weighted by Gasteiger charge is -2.18. The van der Waals surface area contributed by atoms with Gasteiger partial charge in [0.1, 0.15) is 11.9 Å². The highest BCUT2D eigenvalue weighted by Gasteiger charge is 2.07. The van der Waals surface area contributed by atoms with E-state index in [-0.39, 0.29) is 6.10 Å². The van der Waals surface area contributed by atoms with Crippen LogP contribution in [0.1, 0.15) is 33.6 Å². The number of nitrogens with one attached hydrogen (secondary N) is 1. The van der Waals surface area contributed by atoms with Gasteiger partial charge in [-0.25, -0.2) is 0 Å². The van der Waals surface area contributed by atoms with Crippen molar-refractivity contribution in [2.24, 2.45) is 0 Å². The Morgan fingerprint density at radius 2 is 2.18 bits per heavy atom. The van der Waals surface area contributed by atoms with Crippen LogP contribution in [0.3, 0.4) is 0 Å². The van der Waals surface area contributed by atoms with Gasteiger partial charge in [0, 0.05) is 24.8 Å². The predicted octanol–water partition coefficient (Wildman–Crippen LogP) is 3.28. The third-order valence-corrected chi connectivity index (χ3v) is 2.70. The number of hydrogen-bond acceptors (Lipinski definition) is 3. The lowest BCUT2D eigenvalue weighted by Crippen LogP contribution is -2.34. The zero-order valence-corrected chi connectivity index (χ0v) is 11.5. The Balaban J connectivity index is 2.32. The van der Waals surface area contributed by atoms with Gasteiger partial charge in [-0.15, -0.1) is 0 Å². The standard InChI is InChI=1S/C13H21ClN2O/c1-4-5-10(2)16-7-11(3)17-13-6-12(14)8-15-9-13/h6,8-11,16H,4-5,7H2,1-3H3. The number of aromatic nitrogens is 1. The molecule has 0 saturated heterocycles. The summed E-state index contributed by atoms with van der Waals surface area (Å²) in [5.74, 6) is 0.718. The molecule has 0 aliphatic rings. The van der Waals surface area contributed by atoms with E-state index in [0.29, 0.717) is 11.1 Å². The van der Waals surface area contributed by atoms with Crippen LogP contribution in [0.5, 0.6) is 5.75 Å². The molecule has 0 aromatic carbocycles. The average molecular weight is 257 g/mol. The van der Waals surface area contributed by atoms with E-state index in [2.05, 4.69) is 24.1 Å². The van der Waals surface area contributed by atoms with Crippen LogP contribution in [0.15, 0.2) is 18.5 Å². The molecule has 0 amide bonds. The van der Waals surface area contributed by atoms with Gasteiger partial charge in [-0.2, -0.15) is 0 Å². The fourth-order valence-electron chi connectivity index (χ4n) is 1.63. The van der Waals surface area contributed by atoms with Gasteiger partial charge in [0.25, 0.3) is 0 Å². The van der Waals surface area contributed by atoms with Gasteiger partial charge in [0.05, 0.1) is 11.2 Å². The fraction of sp³-hybridized carbons (Fsp3) is 0.615. The van der Waals surface area contributed by atoms with Crippen molar-refractivity contribution in [1.29, 1.82) is 0 Å². The van der Waals surface area contributed by atoms with Gasteiger partial charge in [0.15, 0.2) is 0 Å². The summed E-state index contributed by atoms with van der Waals surface area (Å²) in [5, 5.41) is 4.04. The van der Waals surface area contributed by atoms with Crippen LogP contribution in [0.4, 0.5) is 0 Å². The number of hydrogen-bond donors (Lipinski definition) is 1. The van der Waals surface area contributed by atoms with E-state index >= 15 is 0 Å². The minimum absolute atomic E-state index is 0.106. The topological polar surface area (TPSA) is 34.1 Å². The first-order valence-electron chi connectivity index (χ1n) is 6.12. The van der Waals surface area contributed by atoms with Crippen LogP contribution in [0.2, 0.25) is 5.02 Å². The maximum absolute atomic E-state index is 5.84. The van der Waals surface area contributed by atoms with Crippen molar-refractivity contribution in [3.8, 4) is 5.75 Å². The molecule has 1 rings (SSSR count). The second-order valence-electron chi connectivity index (χ2n) is 4.37. The van der Waals surface area contributed by atoms with Crippen LogP contribution >= 0.6 is 11.6 Å². The van der Waals surface area contributed by atoms with Crippen molar-refractivity contribution < 1.29 is 4.74 Å². The molecule has 1 aromatic heterocycles. The molecule has 2 unspecified atom stereocenters. The zero-order chi connectivity index (χ0) is 12.7. The van der Waals surface area contributed by atoms with E-state index in [1.165, 1.54) is 12.8 Å². The van der Waals surface area contributed by atoms with E-state index in [1.54, 1.807) is 18.5 Å². The van der Waals surface area contributed by atoms with Crippen molar-refractivity contribution in [3.05, 3.63) is 23.5 Å². The van der Waals surface area contributed by atoms with Crippen molar-refractivity contribution in [3.63, 3.8) is 0 Å². The highest BCUT2D eigenvalue weighted by atomic mass is 35.5. The van der Waals surface area contributed by atoms with Crippen molar-refractivity contribution in [1.82, 2.24) is 10.3 Å². The molecule has 0 bridgehead atoms. The smallest absolute Gasteiger partial charge is 0.139 e. The van der Waals surface area contributed by atoms with E-state index < -0.39 is 0 Å². The zero-order valence-electron chi connectivity index (χ0n) is 10.7. The Labute approximate surface area is 109 Å². The van der Waals surface area contributed by atoms with Gasteiger partial charge in [-0.05, 0) is 20.3 Å². The first-order valence-corrected chi connectivity index (χ1v) is 6.50. The summed E-state index contributed by atoms with van der Waals surface area (Å²) in [6, 6.07) is 2.31. The monoisotopic (exact) mass is 256 g/mol. The summed E-state index contributed by atoms with van der Waals surface area (Å²) < 4.78 is 5.71. The summed E-state index contributed by atoms with van der Waals surface area (Å²) in [4.78, 5) is 3.98. The van der Waals surface area contributed by atoms with Crippen molar-refractivity contribution >= 4 is 11.6 Å². The Bertz CT molecular complexity index is 333. The van der Waals surface area contributed by atoms with Gasteiger partial charge in [-0.1, -0.05) is 24.9 Å². The van der Waals surface area contributed by atoms with E-state index in [9.17, 15) is 0 Å². The molecular weight excluding hydrogens is 236 g/mol. The molecule has 2 atom stereocenters. The molecule has 0 aliphatic carbocycles. The normalized spacial score (nSPS) is 14.4. The quantitative estimate of drug-likeness (QED) is 0.813. The molecule has 0 aliphatic heterocycles. The minimum atomic E-state index is 0.106. The lowest BCUT2D eigenvalue weighted by atomic mass is 10.2. The molecule has 4 heteroatoms. The molecule has 3 nitrogen and oxygen atoms in total. The third kappa shape index (κ3) is 5.89. The highest BCUT2D eigenvalue weighted by Crippen LogP contribution is 2.16. The predicted molar refractivity (Wildman–Crippen MR) is 71.7 cm³/mol. The minimum Gasteiger partial charge on any atom is -0.488 e. The molecular formula is C13H21ClN2O. The van der Waals surface area contributed by atoms with Gasteiger partial charge in [-0.3, -0.25) is 4.98 Å². The van der Waals surface area contributed by atoms with Gasteiger partial charge >= 0.3 is 0 Å². The van der Waals surface area contributed by atoms with E-state index in [0.717, 1.165) is 12.3 Å². The maximum atomic E-state index is 5.84. The van der Waals surface area contributed by atoms with Gasteiger partial charge < -0.3 is 10.1 Å². The molecule has 96 valence electrons. The summed E-state index contributed by atoms with van der Waals surface area (Å²) in [6.45, 7) is 7.24. The summed E-state index contributed by atoms with van der Waals surface area (Å²) in [6.07, 6.45) is 5.76. The second kappa shape index (κ2) is 7.51. The molecule has 1 heterocycles. The lowest BCUT2D eigenvalue weighted by molar-refractivity contribution is 0.210. The van der Waals surface area contributed by atoms with Gasteiger partial charge in [0.2, 0.25) is 0 Å². The van der Waals surface area contributed by atoms with Crippen molar-refractivity contribution in [2.45, 2.75) is 45.8 Å². The first kappa shape index (κ1) is 14.3. The number of rotatable bonds is 7. The molecule has 0 radical (unpaired) electrons. The molecule has 1 aromatic rings. The fourth-order valence-corrected chi connectivity index (χ4v) is 1.80. The number of halogens is 1. The molecule has 1 N–H and O–H groups in total. The van der Waals surface area contributed by atoms with Crippen LogP contribution < -0.4 is 10.1 Å². The Morgan fingerprint density at radius 3 is 2.82 bits per heavy atom. The third-order valence-electron chi connectivity index (χ3n) is 2.49.